The molecule has 0 saturated carbocycles. The van der Waals surface area contributed by atoms with E-state index >= 15 is 0 Å². The number of para-hydroxylation sites is 2. The highest BCUT2D eigenvalue weighted by Crippen LogP contribution is 2.28. The normalized spacial score (nSPS) is 11.6. The van der Waals surface area contributed by atoms with Crippen LogP contribution in [0.15, 0.2) is 30.6 Å². The van der Waals surface area contributed by atoms with E-state index in [0.29, 0.717) is 5.92 Å². The highest BCUT2D eigenvalue weighted by atomic mass is 15.3. The molecule has 0 aliphatic carbocycles. The molecule has 0 saturated heterocycles. The fourth-order valence-electron chi connectivity index (χ4n) is 2.39. The Balaban J connectivity index is 2.27. The number of anilines is 1. The molecule has 19 heavy (non-hydrogen) atoms. The predicted octanol–water partition coefficient (Wildman–Crippen LogP) is 2.46. The topological polar surface area (TPSA) is 61.7 Å². The van der Waals surface area contributed by atoms with Gasteiger partial charge in [0.15, 0.2) is 5.82 Å². The van der Waals surface area contributed by atoms with Crippen LogP contribution in [0.25, 0.3) is 16.9 Å². The number of hydrogen-bond donors (Lipinski definition) is 1. The van der Waals surface area contributed by atoms with Gasteiger partial charge in [-0.3, -0.25) is 4.57 Å². The first-order valence-electron chi connectivity index (χ1n) is 6.34. The quantitative estimate of drug-likeness (QED) is 0.765. The molecule has 0 radical (unpaired) electrons. The molecule has 0 atom stereocenters. The maximum atomic E-state index is 6.26. The summed E-state index contributed by atoms with van der Waals surface area (Å²) in [5, 5.41) is 4.52. The van der Waals surface area contributed by atoms with Crippen LogP contribution in [0, 0.1) is 0 Å². The van der Waals surface area contributed by atoms with E-state index in [4.69, 9.17) is 5.73 Å². The van der Waals surface area contributed by atoms with Gasteiger partial charge in [-0.1, -0.05) is 26.0 Å². The van der Waals surface area contributed by atoms with Crippen LogP contribution in [0.3, 0.4) is 0 Å². The van der Waals surface area contributed by atoms with E-state index in [0.717, 1.165) is 28.2 Å². The second-order valence-electron chi connectivity index (χ2n) is 5.00. The lowest BCUT2D eigenvalue weighted by Crippen LogP contribution is -2.04. The fourth-order valence-corrected chi connectivity index (χ4v) is 2.39. The number of benzene rings is 1. The van der Waals surface area contributed by atoms with Crippen LogP contribution < -0.4 is 5.73 Å². The highest BCUT2D eigenvalue weighted by molar-refractivity contribution is 5.78. The second kappa shape index (κ2) is 4.12. The maximum absolute atomic E-state index is 6.26. The number of nitrogens with two attached hydrogens (primary N) is 1. The summed E-state index contributed by atoms with van der Waals surface area (Å²) >= 11 is 0. The molecule has 0 fully saturated rings. The summed E-state index contributed by atoms with van der Waals surface area (Å²) in [7, 11) is 1.91. The molecule has 1 aromatic carbocycles. The van der Waals surface area contributed by atoms with E-state index in [1.807, 2.05) is 40.6 Å². The van der Waals surface area contributed by atoms with Crippen molar-refractivity contribution in [1.82, 2.24) is 19.3 Å². The van der Waals surface area contributed by atoms with Crippen LogP contribution in [0.5, 0.6) is 0 Å². The monoisotopic (exact) mass is 255 g/mol. The van der Waals surface area contributed by atoms with Crippen molar-refractivity contribution in [2.45, 2.75) is 19.8 Å². The molecule has 0 unspecified atom stereocenters. The summed E-state index contributed by atoms with van der Waals surface area (Å²) in [6, 6.07) is 7.99. The first-order chi connectivity index (χ1) is 9.09. The molecule has 0 amide bonds. The molecule has 0 aliphatic heterocycles. The van der Waals surface area contributed by atoms with Crippen molar-refractivity contribution in [2.24, 2.45) is 7.05 Å². The minimum atomic E-state index is 0.301. The minimum absolute atomic E-state index is 0.301. The number of aromatic nitrogens is 4. The van der Waals surface area contributed by atoms with Crippen LogP contribution in [-0.4, -0.2) is 19.3 Å². The Labute approximate surface area is 111 Å². The minimum Gasteiger partial charge on any atom is -0.394 e. The van der Waals surface area contributed by atoms with Crippen LogP contribution >= 0.6 is 0 Å². The molecule has 98 valence electrons. The summed E-state index contributed by atoms with van der Waals surface area (Å²) < 4.78 is 3.81. The largest absolute Gasteiger partial charge is 0.394 e. The Bertz CT molecular complexity index is 735. The lowest BCUT2D eigenvalue weighted by atomic mass is 10.1. The smallest absolute Gasteiger partial charge is 0.160 e. The third kappa shape index (κ3) is 1.69. The molecule has 0 spiro atoms. The van der Waals surface area contributed by atoms with E-state index in [2.05, 4.69) is 23.9 Å². The van der Waals surface area contributed by atoms with Crippen LogP contribution in [0.2, 0.25) is 0 Å². The van der Waals surface area contributed by atoms with Gasteiger partial charge in [0.25, 0.3) is 0 Å². The van der Waals surface area contributed by atoms with Gasteiger partial charge in [0.05, 0.1) is 22.4 Å². The Morgan fingerprint density at radius 2 is 1.95 bits per heavy atom. The van der Waals surface area contributed by atoms with E-state index < -0.39 is 0 Å². The molecule has 5 nitrogen and oxygen atoms in total. The highest BCUT2D eigenvalue weighted by Gasteiger charge is 2.18. The molecule has 0 bridgehead atoms. The standard InChI is InChI=1S/C14H17N5/c1-9(2)13-12(15)14(18(3)17-13)19-8-16-10-6-4-5-7-11(10)19/h4-9H,15H2,1-3H3. The van der Waals surface area contributed by atoms with Gasteiger partial charge in [-0.25, -0.2) is 9.67 Å². The van der Waals surface area contributed by atoms with Crippen molar-refractivity contribution >= 4 is 16.7 Å². The molecule has 2 heterocycles. The number of nitrogens with zero attached hydrogens (tertiary/aromatic N) is 4. The van der Waals surface area contributed by atoms with Crippen molar-refractivity contribution in [1.29, 1.82) is 0 Å². The lowest BCUT2D eigenvalue weighted by Gasteiger charge is -2.06. The number of fused-ring (bicyclic) bond motifs is 1. The van der Waals surface area contributed by atoms with Crippen LogP contribution in [0.4, 0.5) is 5.69 Å². The van der Waals surface area contributed by atoms with Gasteiger partial charge in [-0.2, -0.15) is 5.10 Å². The Hall–Kier alpha value is -2.30. The molecular formula is C14H17N5. The maximum Gasteiger partial charge on any atom is 0.160 e. The molecular weight excluding hydrogens is 238 g/mol. The number of imidazole rings is 1. The van der Waals surface area contributed by atoms with Crippen LogP contribution in [-0.2, 0) is 7.05 Å². The summed E-state index contributed by atoms with van der Waals surface area (Å²) in [5.41, 5.74) is 9.89. The third-order valence-electron chi connectivity index (χ3n) is 3.31. The molecule has 2 N–H and O–H groups in total. The van der Waals surface area contributed by atoms with Crippen molar-refractivity contribution in [3.63, 3.8) is 0 Å². The third-order valence-corrected chi connectivity index (χ3v) is 3.31. The van der Waals surface area contributed by atoms with Gasteiger partial charge in [-0.05, 0) is 18.1 Å². The van der Waals surface area contributed by atoms with Crippen molar-refractivity contribution in [3.05, 3.63) is 36.3 Å². The Morgan fingerprint density at radius 3 is 2.63 bits per heavy atom. The van der Waals surface area contributed by atoms with Gasteiger partial charge >= 0.3 is 0 Å². The summed E-state index contributed by atoms with van der Waals surface area (Å²) in [6.45, 7) is 4.18. The summed E-state index contributed by atoms with van der Waals surface area (Å²) in [5.74, 6) is 1.17. The van der Waals surface area contributed by atoms with Gasteiger partial charge in [-0.15, -0.1) is 0 Å². The van der Waals surface area contributed by atoms with E-state index in [1.54, 1.807) is 6.33 Å². The zero-order chi connectivity index (χ0) is 13.6. The zero-order valence-corrected chi connectivity index (χ0v) is 11.3. The van der Waals surface area contributed by atoms with Crippen molar-refractivity contribution in [3.8, 4) is 5.82 Å². The Kier molecular flexibility index (Phi) is 2.55. The average Bonchev–Trinajstić information content (AvgIpc) is 2.91. The Morgan fingerprint density at radius 1 is 1.21 bits per heavy atom. The molecule has 5 heteroatoms. The first kappa shape index (κ1) is 11.8. The number of nitrogen functional groups attached to an aromatic ring is 1. The molecule has 0 aliphatic rings. The summed E-state index contributed by atoms with van der Waals surface area (Å²) in [4.78, 5) is 4.40. The summed E-state index contributed by atoms with van der Waals surface area (Å²) in [6.07, 6.45) is 1.79. The van der Waals surface area contributed by atoms with Gasteiger partial charge in [0, 0.05) is 7.05 Å². The average molecular weight is 255 g/mol. The van der Waals surface area contributed by atoms with Crippen molar-refractivity contribution < 1.29 is 0 Å². The van der Waals surface area contributed by atoms with E-state index in [-0.39, 0.29) is 0 Å². The fraction of sp³-hybridized carbons (Fsp3) is 0.286. The number of hydrogen-bond acceptors (Lipinski definition) is 3. The number of rotatable bonds is 2. The van der Waals surface area contributed by atoms with Crippen molar-refractivity contribution in [2.75, 3.05) is 5.73 Å². The lowest BCUT2D eigenvalue weighted by molar-refractivity contribution is 0.697. The SMILES string of the molecule is CC(C)c1nn(C)c(-n2cnc3ccccc32)c1N. The van der Waals surface area contributed by atoms with Crippen LogP contribution in [0.1, 0.15) is 25.5 Å². The molecule has 3 rings (SSSR count). The second-order valence-corrected chi connectivity index (χ2v) is 5.00. The first-order valence-corrected chi connectivity index (χ1v) is 6.34. The number of aryl methyl sites for hydroxylation is 1. The predicted molar refractivity (Wildman–Crippen MR) is 76.3 cm³/mol. The van der Waals surface area contributed by atoms with E-state index in [9.17, 15) is 0 Å². The van der Waals surface area contributed by atoms with Gasteiger partial charge in [0.1, 0.15) is 6.33 Å². The molecule has 2 aromatic heterocycles. The molecule has 3 aromatic rings. The van der Waals surface area contributed by atoms with Gasteiger partial charge < -0.3 is 5.73 Å². The zero-order valence-electron chi connectivity index (χ0n) is 11.3. The van der Waals surface area contributed by atoms with Gasteiger partial charge in [0.2, 0.25) is 0 Å². The van der Waals surface area contributed by atoms with E-state index in [1.165, 1.54) is 0 Å².